The molecule has 2 rings (SSSR count). The number of rotatable bonds is 6. The second kappa shape index (κ2) is 7.40. The Morgan fingerprint density at radius 3 is 2.43 bits per heavy atom. The Hall–Kier alpha value is -1.63. The molecule has 0 saturated carbocycles. The van der Waals surface area contributed by atoms with Gasteiger partial charge in [-0.1, -0.05) is 13.3 Å². The van der Waals surface area contributed by atoms with Crippen LogP contribution in [0.3, 0.4) is 0 Å². The molecule has 2 unspecified atom stereocenters. The average Bonchev–Trinajstić information content (AvgIpc) is 2.49. The maximum absolute atomic E-state index is 5.16. The molecule has 1 saturated heterocycles. The number of hydrazine groups is 1. The lowest BCUT2D eigenvalue weighted by Crippen LogP contribution is -2.47. The minimum absolute atomic E-state index is 0.323. The molecule has 2 atom stereocenters. The molecule has 0 spiro atoms. The SMILES string of the molecule is CCCNc1nc(NN2C(C)CCCC2C)nc(OC)n1. The van der Waals surface area contributed by atoms with Gasteiger partial charge in [0.2, 0.25) is 11.9 Å². The third kappa shape index (κ3) is 4.17. The summed E-state index contributed by atoms with van der Waals surface area (Å²) in [7, 11) is 1.56. The van der Waals surface area contributed by atoms with Crippen molar-refractivity contribution in [2.24, 2.45) is 0 Å². The minimum Gasteiger partial charge on any atom is -0.467 e. The van der Waals surface area contributed by atoms with E-state index in [0.717, 1.165) is 13.0 Å². The molecule has 0 aromatic carbocycles. The van der Waals surface area contributed by atoms with Crippen molar-refractivity contribution in [1.82, 2.24) is 20.0 Å². The van der Waals surface area contributed by atoms with Crippen molar-refractivity contribution >= 4 is 11.9 Å². The van der Waals surface area contributed by atoms with Gasteiger partial charge in [0.05, 0.1) is 7.11 Å². The Morgan fingerprint density at radius 2 is 1.81 bits per heavy atom. The molecule has 2 heterocycles. The van der Waals surface area contributed by atoms with E-state index < -0.39 is 0 Å². The van der Waals surface area contributed by atoms with E-state index in [0.29, 0.717) is 30.0 Å². The zero-order valence-corrected chi connectivity index (χ0v) is 13.4. The van der Waals surface area contributed by atoms with Gasteiger partial charge in [-0.3, -0.25) is 5.43 Å². The highest BCUT2D eigenvalue weighted by Crippen LogP contribution is 2.23. The number of anilines is 2. The summed E-state index contributed by atoms with van der Waals surface area (Å²) in [5, 5.41) is 5.39. The van der Waals surface area contributed by atoms with Gasteiger partial charge in [0, 0.05) is 18.6 Å². The summed E-state index contributed by atoms with van der Waals surface area (Å²) in [6.45, 7) is 7.36. The Kier molecular flexibility index (Phi) is 5.55. The summed E-state index contributed by atoms with van der Waals surface area (Å²) < 4.78 is 5.16. The molecule has 0 bridgehead atoms. The number of methoxy groups -OCH3 is 1. The van der Waals surface area contributed by atoms with E-state index in [1.165, 1.54) is 19.3 Å². The first-order chi connectivity index (χ1) is 10.1. The van der Waals surface area contributed by atoms with Crippen LogP contribution in [0.1, 0.15) is 46.5 Å². The van der Waals surface area contributed by atoms with Crippen LogP contribution in [-0.4, -0.2) is 45.7 Å². The number of hydrogen-bond acceptors (Lipinski definition) is 7. The molecule has 1 aromatic rings. The van der Waals surface area contributed by atoms with Crippen LogP contribution in [-0.2, 0) is 0 Å². The molecule has 0 radical (unpaired) electrons. The fraction of sp³-hybridized carbons (Fsp3) is 0.786. The second-order valence-electron chi connectivity index (χ2n) is 5.54. The highest BCUT2D eigenvalue weighted by Gasteiger charge is 2.25. The van der Waals surface area contributed by atoms with Crippen molar-refractivity contribution in [2.45, 2.75) is 58.5 Å². The van der Waals surface area contributed by atoms with Gasteiger partial charge in [-0.2, -0.15) is 15.0 Å². The Labute approximate surface area is 126 Å². The monoisotopic (exact) mass is 294 g/mol. The molecule has 1 fully saturated rings. The van der Waals surface area contributed by atoms with Gasteiger partial charge in [-0.25, -0.2) is 5.01 Å². The predicted molar refractivity (Wildman–Crippen MR) is 83.4 cm³/mol. The molecule has 0 amide bonds. The molecule has 21 heavy (non-hydrogen) atoms. The molecular formula is C14H26N6O. The van der Waals surface area contributed by atoms with Crippen LogP contribution in [0.4, 0.5) is 11.9 Å². The van der Waals surface area contributed by atoms with Crippen molar-refractivity contribution in [3.8, 4) is 6.01 Å². The van der Waals surface area contributed by atoms with Crippen LogP contribution in [0.5, 0.6) is 6.01 Å². The minimum atomic E-state index is 0.323. The molecule has 1 aromatic heterocycles. The lowest BCUT2D eigenvalue weighted by molar-refractivity contribution is 0.134. The first-order valence-electron chi connectivity index (χ1n) is 7.73. The van der Waals surface area contributed by atoms with Crippen molar-refractivity contribution in [3.63, 3.8) is 0 Å². The standard InChI is InChI=1S/C14H26N6O/c1-5-9-15-12-16-13(18-14(17-12)21-4)19-20-10(2)7-6-8-11(20)3/h10-11H,5-9H2,1-4H3,(H2,15,16,17,18,19). The Bertz CT molecular complexity index is 445. The summed E-state index contributed by atoms with van der Waals surface area (Å²) in [6.07, 6.45) is 4.64. The third-order valence-electron chi connectivity index (χ3n) is 3.75. The topological polar surface area (TPSA) is 75.2 Å². The van der Waals surface area contributed by atoms with Gasteiger partial charge in [0.25, 0.3) is 0 Å². The Morgan fingerprint density at radius 1 is 1.14 bits per heavy atom. The summed E-state index contributed by atoms with van der Waals surface area (Å²) in [4.78, 5) is 12.9. The zero-order valence-electron chi connectivity index (χ0n) is 13.4. The smallest absolute Gasteiger partial charge is 0.322 e. The molecule has 0 aliphatic carbocycles. The van der Waals surface area contributed by atoms with Gasteiger partial charge in [-0.05, 0) is 33.1 Å². The highest BCUT2D eigenvalue weighted by molar-refractivity contribution is 5.35. The van der Waals surface area contributed by atoms with Gasteiger partial charge in [0.1, 0.15) is 0 Å². The van der Waals surface area contributed by atoms with Gasteiger partial charge in [0.15, 0.2) is 0 Å². The lowest BCUT2D eigenvalue weighted by atomic mass is 10.00. The molecule has 1 aliphatic heterocycles. The van der Waals surface area contributed by atoms with Gasteiger partial charge in [-0.15, -0.1) is 0 Å². The zero-order chi connectivity index (χ0) is 15.2. The summed E-state index contributed by atoms with van der Waals surface area (Å²) in [5.41, 5.74) is 3.32. The molecule has 7 nitrogen and oxygen atoms in total. The molecule has 2 N–H and O–H groups in total. The van der Waals surface area contributed by atoms with Crippen molar-refractivity contribution in [1.29, 1.82) is 0 Å². The number of aromatic nitrogens is 3. The fourth-order valence-corrected chi connectivity index (χ4v) is 2.57. The van der Waals surface area contributed by atoms with Crippen molar-refractivity contribution in [2.75, 3.05) is 24.4 Å². The van der Waals surface area contributed by atoms with Crippen LogP contribution in [0.15, 0.2) is 0 Å². The average molecular weight is 294 g/mol. The normalized spacial score (nSPS) is 22.9. The van der Waals surface area contributed by atoms with Crippen LogP contribution in [0.25, 0.3) is 0 Å². The number of nitrogens with one attached hydrogen (secondary N) is 2. The van der Waals surface area contributed by atoms with E-state index in [-0.39, 0.29) is 0 Å². The van der Waals surface area contributed by atoms with Crippen LogP contribution >= 0.6 is 0 Å². The third-order valence-corrected chi connectivity index (χ3v) is 3.75. The van der Waals surface area contributed by atoms with E-state index in [4.69, 9.17) is 4.74 Å². The summed E-state index contributed by atoms with van der Waals surface area (Å²) in [6, 6.07) is 1.25. The van der Waals surface area contributed by atoms with E-state index in [1.54, 1.807) is 7.11 Å². The maximum atomic E-state index is 5.16. The van der Waals surface area contributed by atoms with Gasteiger partial charge < -0.3 is 10.1 Å². The van der Waals surface area contributed by atoms with Gasteiger partial charge >= 0.3 is 6.01 Å². The first-order valence-corrected chi connectivity index (χ1v) is 7.73. The Balaban J connectivity index is 2.13. The molecule has 7 heteroatoms. The van der Waals surface area contributed by atoms with Crippen LogP contribution < -0.4 is 15.5 Å². The van der Waals surface area contributed by atoms with Crippen molar-refractivity contribution < 1.29 is 4.74 Å². The molecule has 118 valence electrons. The second-order valence-corrected chi connectivity index (χ2v) is 5.54. The van der Waals surface area contributed by atoms with Crippen LogP contribution in [0.2, 0.25) is 0 Å². The quantitative estimate of drug-likeness (QED) is 0.833. The molecular weight excluding hydrogens is 268 g/mol. The van der Waals surface area contributed by atoms with Crippen LogP contribution in [0, 0.1) is 0 Å². The van der Waals surface area contributed by atoms with E-state index >= 15 is 0 Å². The number of nitrogens with zero attached hydrogens (tertiary/aromatic N) is 4. The first kappa shape index (κ1) is 15.8. The molecule has 1 aliphatic rings. The summed E-state index contributed by atoms with van der Waals surface area (Å²) >= 11 is 0. The number of hydrogen-bond donors (Lipinski definition) is 2. The van der Waals surface area contributed by atoms with E-state index in [9.17, 15) is 0 Å². The predicted octanol–water partition coefficient (Wildman–Crippen LogP) is 2.29. The van der Waals surface area contributed by atoms with Crippen molar-refractivity contribution in [3.05, 3.63) is 0 Å². The number of ether oxygens (including phenoxy) is 1. The highest BCUT2D eigenvalue weighted by atomic mass is 16.5. The lowest BCUT2D eigenvalue weighted by Gasteiger charge is -2.38. The van der Waals surface area contributed by atoms with E-state index in [1.807, 2.05) is 0 Å². The maximum Gasteiger partial charge on any atom is 0.322 e. The number of piperidine rings is 1. The summed E-state index contributed by atoms with van der Waals surface area (Å²) in [5.74, 6) is 1.07. The van der Waals surface area contributed by atoms with E-state index in [2.05, 4.69) is 51.5 Å². The largest absolute Gasteiger partial charge is 0.467 e. The fourth-order valence-electron chi connectivity index (χ4n) is 2.57.